The molecule has 0 amide bonds. The second kappa shape index (κ2) is 3.95. The highest BCUT2D eigenvalue weighted by molar-refractivity contribution is 7.89. The average molecular weight is 239 g/mol. The van der Waals surface area contributed by atoms with Crippen LogP contribution in [0.15, 0.2) is 46.2 Å². The van der Waals surface area contributed by atoms with Gasteiger partial charge in [0.1, 0.15) is 0 Å². The Morgan fingerprint density at radius 1 is 1.25 bits per heavy atom. The van der Waals surface area contributed by atoms with Crippen molar-refractivity contribution in [2.24, 2.45) is 5.14 Å². The maximum Gasteiger partial charge on any atom is 0.238 e. The van der Waals surface area contributed by atoms with Crippen LogP contribution in [0.2, 0.25) is 0 Å². The first-order chi connectivity index (χ1) is 7.55. The summed E-state index contributed by atoms with van der Waals surface area (Å²) in [6.45, 7) is 0. The number of hydrogen-bond acceptors (Lipinski definition) is 5. The van der Waals surface area contributed by atoms with E-state index in [-0.39, 0.29) is 4.90 Å². The lowest BCUT2D eigenvalue weighted by Gasteiger charge is -2.03. The molecule has 84 valence electrons. The average Bonchev–Trinajstić information content (AvgIpc) is 2.70. The maximum absolute atomic E-state index is 11.0. The van der Waals surface area contributed by atoms with Crippen molar-refractivity contribution in [2.75, 3.05) is 5.32 Å². The number of primary sulfonamides is 1. The van der Waals surface area contributed by atoms with Crippen molar-refractivity contribution in [2.45, 2.75) is 4.90 Å². The maximum atomic E-state index is 11.0. The first kappa shape index (κ1) is 10.7. The number of nitrogens with one attached hydrogen (secondary N) is 1. The van der Waals surface area contributed by atoms with Crippen LogP contribution < -0.4 is 10.5 Å². The van der Waals surface area contributed by atoms with Crippen LogP contribution >= 0.6 is 0 Å². The SMILES string of the molecule is NS(=O)(=O)c1ccc(Nc2cnco2)cc1. The van der Waals surface area contributed by atoms with Crippen molar-refractivity contribution in [1.82, 2.24) is 4.98 Å². The Hall–Kier alpha value is -1.86. The summed E-state index contributed by atoms with van der Waals surface area (Å²) >= 11 is 0. The quantitative estimate of drug-likeness (QED) is 0.834. The Morgan fingerprint density at radius 2 is 1.94 bits per heavy atom. The summed E-state index contributed by atoms with van der Waals surface area (Å²) in [5.41, 5.74) is 0.684. The van der Waals surface area contributed by atoms with Gasteiger partial charge in [0.15, 0.2) is 6.39 Å². The number of anilines is 2. The number of rotatable bonds is 3. The van der Waals surface area contributed by atoms with Gasteiger partial charge in [0.25, 0.3) is 0 Å². The highest BCUT2D eigenvalue weighted by Crippen LogP contribution is 2.17. The van der Waals surface area contributed by atoms with Crippen molar-refractivity contribution in [3.05, 3.63) is 36.9 Å². The van der Waals surface area contributed by atoms with Gasteiger partial charge in [-0.15, -0.1) is 0 Å². The monoisotopic (exact) mass is 239 g/mol. The summed E-state index contributed by atoms with van der Waals surface area (Å²) in [7, 11) is -3.65. The van der Waals surface area contributed by atoms with E-state index in [1.54, 1.807) is 12.1 Å². The Morgan fingerprint density at radius 3 is 2.44 bits per heavy atom. The first-order valence-electron chi connectivity index (χ1n) is 4.34. The van der Waals surface area contributed by atoms with Crippen molar-refractivity contribution in [3.63, 3.8) is 0 Å². The standard InChI is InChI=1S/C9H9N3O3S/c10-16(13,14)8-3-1-7(2-4-8)12-9-5-11-6-15-9/h1-6,12H,(H2,10,13,14). The molecule has 0 saturated carbocycles. The molecule has 0 spiro atoms. The fourth-order valence-electron chi connectivity index (χ4n) is 1.15. The van der Waals surface area contributed by atoms with Crippen molar-refractivity contribution in [1.29, 1.82) is 0 Å². The van der Waals surface area contributed by atoms with Crippen LogP contribution in [0.1, 0.15) is 0 Å². The zero-order valence-corrected chi connectivity index (χ0v) is 8.94. The number of nitrogens with zero attached hydrogens (tertiary/aromatic N) is 1. The van der Waals surface area contributed by atoms with Gasteiger partial charge in [-0.25, -0.2) is 18.5 Å². The molecule has 2 aromatic rings. The molecule has 6 nitrogen and oxygen atoms in total. The van der Waals surface area contributed by atoms with Gasteiger partial charge < -0.3 is 9.73 Å². The lowest BCUT2D eigenvalue weighted by Crippen LogP contribution is -2.11. The lowest BCUT2D eigenvalue weighted by atomic mass is 10.3. The molecule has 0 aliphatic carbocycles. The number of sulfonamides is 1. The van der Waals surface area contributed by atoms with Gasteiger partial charge >= 0.3 is 0 Å². The summed E-state index contributed by atoms with van der Waals surface area (Å²) in [6.07, 6.45) is 2.80. The predicted molar refractivity (Wildman–Crippen MR) is 57.6 cm³/mol. The van der Waals surface area contributed by atoms with Gasteiger partial charge in [0.2, 0.25) is 15.9 Å². The van der Waals surface area contributed by atoms with Crippen LogP contribution in [0, 0.1) is 0 Å². The second-order valence-corrected chi connectivity index (χ2v) is 4.62. The molecule has 0 fully saturated rings. The molecule has 0 atom stereocenters. The van der Waals surface area contributed by atoms with E-state index in [1.807, 2.05) is 0 Å². The van der Waals surface area contributed by atoms with Crippen LogP contribution in [0.3, 0.4) is 0 Å². The van der Waals surface area contributed by atoms with Gasteiger partial charge in [0.05, 0.1) is 11.1 Å². The fraction of sp³-hybridized carbons (Fsp3) is 0. The van der Waals surface area contributed by atoms with Crippen LogP contribution in [-0.4, -0.2) is 13.4 Å². The first-order valence-corrected chi connectivity index (χ1v) is 5.89. The van der Waals surface area contributed by atoms with E-state index >= 15 is 0 Å². The second-order valence-electron chi connectivity index (χ2n) is 3.06. The molecule has 0 unspecified atom stereocenters. The smallest absolute Gasteiger partial charge is 0.238 e. The van der Waals surface area contributed by atoms with Crippen molar-refractivity contribution < 1.29 is 12.8 Å². The Kier molecular flexibility index (Phi) is 2.63. The van der Waals surface area contributed by atoms with Gasteiger partial charge in [-0.1, -0.05) is 0 Å². The normalized spacial score (nSPS) is 11.3. The molecule has 0 radical (unpaired) electrons. The van der Waals surface area contributed by atoms with E-state index in [4.69, 9.17) is 9.56 Å². The topological polar surface area (TPSA) is 98.2 Å². The van der Waals surface area contributed by atoms with Gasteiger partial charge in [0, 0.05) is 5.69 Å². The van der Waals surface area contributed by atoms with Crippen LogP contribution in [0.5, 0.6) is 0 Å². The molecule has 3 N–H and O–H groups in total. The molecule has 0 aliphatic rings. The van der Waals surface area contributed by atoms with Crippen LogP contribution in [0.4, 0.5) is 11.6 Å². The number of benzene rings is 1. The van der Waals surface area contributed by atoms with E-state index in [0.29, 0.717) is 11.6 Å². The van der Waals surface area contributed by atoms with E-state index in [1.165, 1.54) is 24.7 Å². The highest BCUT2D eigenvalue weighted by atomic mass is 32.2. The third-order valence-electron chi connectivity index (χ3n) is 1.88. The molecular formula is C9H9N3O3S. The van der Waals surface area contributed by atoms with E-state index < -0.39 is 10.0 Å². The molecule has 16 heavy (non-hydrogen) atoms. The number of hydrogen-bond donors (Lipinski definition) is 2. The number of oxazole rings is 1. The predicted octanol–water partition coefficient (Wildman–Crippen LogP) is 1.07. The molecule has 0 bridgehead atoms. The highest BCUT2D eigenvalue weighted by Gasteiger charge is 2.06. The van der Waals surface area contributed by atoms with E-state index in [2.05, 4.69) is 10.3 Å². The van der Waals surface area contributed by atoms with Crippen molar-refractivity contribution >= 4 is 21.6 Å². The lowest BCUT2D eigenvalue weighted by molar-refractivity contribution is 0.575. The molecule has 0 aliphatic heterocycles. The minimum atomic E-state index is -3.65. The molecule has 2 rings (SSSR count). The van der Waals surface area contributed by atoms with Crippen LogP contribution in [-0.2, 0) is 10.0 Å². The minimum absolute atomic E-state index is 0.0654. The van der Waals surface area contributed by atoms with Crippen LogP contribution in [0.25, 0.3) is 0 Å². The van der Waals surface area contributed by atoms with Gasteiger partial charge in [-0.3, -0.25) is 0 Å². The molecule has 0 saturated heterocycles. The Bertz CT molecular complexity index is 561. The van der Waals surface area contributed by atoms with Gasteiger partial charge in [-0.05, 0) is 24.3 Å². The fourth-order valence-corrected chi connectivity index (χ4v) is 1.66. The zero-order chi connectivity index (χ0) is 11.6. The summed E-state index contributed by atoms with van der Waals surface area (Å²) in [6, 6.07) is 5.99. The Labute approximate surface area is 92.2 Å². The number of nitrogens with two attached hydrogens (primary N) is 1. The minimum Gasteiger partial charge on any atom is -0.428 e. The summed E-state index contributed by atoms with van der Waals surface area (Å²) in [4.78, 5) is 3.80. The molecule has 7 heteroatoms. The summed E-state index contributed by atoms with van der Waals surface area (Å²) in [5.74, 6) is 0.475. The van der Waals surface area contributed by atoms with Crippen molar-refractivity contribution in [3.8, 4) is 0 Å². The van der Waals surface area contributed by atoms with E-state index in [0.717, 1.165) is 0 Å². The van der Waals surface area contributed by atoms with E-state index in [9.17, 15) is 8.42 Å². The largest absolute Gasteiger partial charge is 0.428 e. The molecule has 1 aromatic carbocycles. The summed E-state index contributed by atoms with van der Waals surface area (Å²) in [5, 5.41) is 7.86. The number of aromatic nitrogens is 1. The van der Waals surface area contributed by atoms with Gasteiger partial charge in [-0.2, -0.15) is 0 Å². The third-order valence-corrected chi connectivity index (χ3v) is 2.81. The molecule has 1 aromatic heterocycles. The molecule has 1 heterocycles. The summed E-state index contributed by atoms with van der Waals surface area (Å²) < 4.78 is 26.9. The molecular weight excluding hydrogens is 230 g/mol. The Balaban J connectivity index is 2.20. The third kappa shape index (κ3) is 2.38. The zero-order valence-electron chi connectivity index (χ0n) is 8.12.